The molecule has 1 aliphatic rings. The van der Waals surface area contributed by atoms with Crippen LogP contribution in [-0.4, -0.2) is 85.9 Å². The summed E-state index contributed by atoms with van der Waals surface area (Å²) in [5.74, 6) is 1.06. The van der Waals surface area contributed by atoms with Gasteiger partial charge in [-0.3, -0.25) is 0 Å². The Labute approximate surface area is 131 Å². The molecule has 0 aliphatic carbocycles. The van der Waals surface area contributed by atoms with E-state index in [1.165, 1.54) is 0 Å². The highest BCUT2D eigenvalue weighted by Crippen LogP contribution is 3.05. The van der Waals surface area contributed by atoms with Gasteiger partial charge in [0, 0.05) is 11.8 Å². The second-order valence-corrected chi connectivity index (χ2v) is 35.6. The lowest BCUT2D eigenvalue weighted by Gasteiger charge is -2.72. The summed E-state index contributed by atoms with van der Waals surface area (Å²) in [5.41, 5.74) is 0. The van der Waals surface area contributed by atoms with E-state index >= 15 is 0 Å². The van der Waals surface area contributed by atoms with E-state index in [1.54, 1.807) is 0 Å². The molecule has 20 heavy (non-hydrogen) atoms. The van der Waals surface area contributed by atoms with Gasteiger partial charge in [-0.15, -0.1) is 7.12 Å². The van der Waals surface area contributed by atoms with Crippen LogP contribution in [0.4, 0.5) is 0 Å². The van der Waals surface area contributed by atoms with Crippen molar-refractivity contribution < 1.29 is 5.11 Å². The Hall–Kier alpha value is 1.32. The van der Waals surface area contributed by atoms with Crippen LogP contribution in [-0.2, 0) is 0 Å². The van der Waals surface area contributed by atoms with E-state index in [0.29, 0.717) is 6.04 Å². The average Bonchev–Trinajstić information content (AvgIpc) is 2.04. The van der Waals surface area contributed by atoms with Gasteiger partial charge in [0.05, 0.1) is 6.10 Å². The number of hydrogen-bond donors (Lipinski definition) is 2. The summed E-state index contributed by atoms with van der Waals surface area (Å²) in [6, 6.07) is 0.354. The van der Waals surface area contributed by atoms with Gasteiger partial charge in [0.1, 0.15) is 0 Å². The van der Waals surface area contributed by atoms with Gasteiger partial charge < -0.3 is 10.4 Å². The zero-order valence-corrected chi connectivity index (χ0v) is 18.1. The van der Waals surface area contributed by atoms with Crippen molar-refractivity contribution in [3.05, 3.63) is 0 Å². The maximum Gasteiger partial charge on any atom is 0.0790 e. The molecule has 0 radical (unpaired) electrons. The minimum atomic E-state index is -0.805. The first-order valence-corrected chi connectivity index (χ1v) is 18.9. The third-order valence-corrected chi connectivity index (χ3v) is 46.3. The lowest BCUT2D eigenvalue weighted by atomic mass is 10.0. The first-order valence-electron chi connectivity index (χ1n) is 7.01. The highest BCUT2D eigenvalue weighted by Gasteiger charge is 2.49. The second kappa shape index (κ2) is 6.08. The van der Waals surface area contributed by atoms with E-state index in [-0.39, 0.29) is 6.10 Å². The molecule has 2 nitrogen and oxygen atoms in total. The molecule has 0 bridgehead atoms. The van der Waals surface area contributed by atoms with Gasteiger partial charge in [-0.25, -0.2) is 27.2 Å². The molecule has 2 atom stereocenters. The third kappa shape index (κ3) is 3.46. The predicted octanol–water partition coefficient (Wildman–Crippen LogP) is 3.34. The van der Waals surface area contributed by atoms with Crippen LogP contribution in [0, 0.1) is 0 Å². The van der Waals surface area contributed by atoms with E-state index in [1.807, 2.05) is 0 Å². The van der Waals surface area contributed by atoms with Crippen LogP contribution >= 0.6 is 34.3 Å². The molecule has 0 unspecified atom stereocenters. The van der Waals surface area contributed by atoms with Gasteiger partial charge in [-0.2, -0.15) is 0 Å². The monoisotopic (exact) mass is 363 g/mol. The fourth-order valence-corrected chi connectivity index (χ4v) is 58.0. The number of aliphatic hydroxyl groups is 1. The van der Waals surface area contributed by atoms with Crippen LogP contribution in [0.25, 0.3) is 0 Å². The van der Waals surface area contributed by atoms with Crippen LogP contribution in [0.2, 0.25) is 0 Å². The van der Waals surface area contributed by atoms with Crippen molar-refractivity contribution in [1.82, 2.24) is 5.32 Å². The number of hydrogen-bond acceptors (Lipinski definition) is 2. The summed E-state index contributed by atoms with van der Waals surface area (Å²) in [4.78, 5) is 0. The Bertz CT molecular complexity index is 301. The second-order valence-electron chi connectivity index (χ2n) is 7.82. The van der Waals surface area contributed by atoms with Crippen molar-refractivity contribution >= 4 is 34.3 Å². The van der Waals surface area contributed by atoms with Gasteiger partial charge >= 0.3 is 0 Å². The van der Waals surface area contributed by atoms with Crippen molar-refractivity contribution in [2.24, 2.45) is 0 Å². The summed E-state index contributed by atoms with van der Waals surface area (Å²) in [6.07, 6.45) is 23.5. The molecule has 1 heterocycles. The molecule has 1 rings (SSSR count). The molecule has 6 heteroatoms. The Morgan fingerprint density at radius 1 is 0.900 bits per heavy atom. The van der Waals surface area contributed by atoms with Gasteiger partial charge in [-0.1, -0.05) is 0 Å². The summed E-state index contributed by atoms with van der Waals surface area (Å²) in [6.45, 7) is 1.08. The maximum atomic E-state index is 10.8. The molecule has 128 valence electrons. The van der Waals surface area contributed by atoms with Crippen LogP contribution in [0.5, 0.6) is 0 Å². The third-order valence-electron chi connectivity index (χ3n) is 3.99. The van der Waals surface area contributed by atoms with Crippen molar-refractivity contribution in [2.75, 3.05) is 68.6 Å². The van der Waals surface area contributed by atoms with Gasteiger partial charge in [0.2, 0.25) is 0 Å². The lowest BCUT2D eigenvalue weighted by molar-refractivity contribution is 0.115. The number of aliphatic hydroxyl groups excluding tert-OH is 1. The van der Waals surface area contributed by atoms with Crippen molar-refractivity contribution in [3.8, 4) is 0 Å². The lowest BCUT2D eigenvalue weighted by Crippen LogP contribution is -2.52. The van der Waals surface area contributed by atoms with Gasteiger partial charge in [0.25, 0.3) is 0 Å². The minimum Gasteiger partial charge on any atom is -0.391 e. The summed E-state index contributed by atoms with van der Waals surface area (Å²) in [7, 11) is -2.86. The normalized spacial score (nSPS) is 26.6. The van der Waals surface area contributed by atoms with E-state index in [9.17, 15) is 5.11 Å². The molecule has 1 saturated heterocycles. The van der Waals surface area contributed by atoms with Gasteiger partial charge in [0.15, 0.2) is 0 Å². The largest absolute Gasteiger partial charge is 0.391 e. The van der Waals surface area contributed by atoms with Gasteiger partial charge in [-0.05, 0) is 69.3 Å². The number of nitrogens with one attached hydrogen (secondary N) is 1. The van der Waals surface area contributed by atoms with Crippen LogP contribution in [0.3, 0.4) is 0 Å². The first-order chi connectivity index (χ1) is 8.74. The Kier molecular flexibility index (Phi) is 5.89. The summed E-state index contributed by atoms with van der Waals surface area (Å²) >= 11 is 0. The summed E-state index contributed by atoms with van der Waals surface area (Å²) in [5, 5.41) is 14.2. The predicted molar refractivity (Wildman–Crippen MR) is 111 cm³/mol. The van der Waals surface area contributed by atoms with Crippen LogP contribution in [0.15, 0.2) is 0 Å². The van der Waals surface area contributed by atoms with Crippen LogP contribution < -0.4 is 5.32 Å². The van der Waals surface area contributed by atoms with Crippen molar-refractivity contribution in [2.45, 2.75) is 18.6 Å². The van der Waals surface area contributed by atoms with E-state index in [0.717, 1.165) is 18.7 Å². The maximum absolute atomic E-state index is 10.8. The Morgan fingerprint density at radius 3 is 1.45 bits per heavy atom. The standard InChI is InChI=1S/C14H37NOS4/c1-17(2,3)20(18(4,5)6,19(7,8)9)12-14(16)13-10-11-15-13/h13-16H,10-12H2,1-9H3/t13-,14+/m0/s1. The zero-order chi connectivity index (χ0) is 16.0. The van der Waals surface area contributed by atoms with E-state index in [2.05, 4.69) is 61.6 Å². The molecule has 1 fully saturated rings. The van der Waals surface area contributed by atoms with Crippen molar-refractivity contribution in [1.29, 1.82) is 0 Å². The Balaban J connectivity index is 3.23. The molecular weight excluding hydrogens is 326 g/mol. The molecule has 1 aliphatic heterocycles. The molecule has 0 aromatic heterocycles. The highest BCUT2D eigenvalue weighted by molar-refractivity contribution is 9.63. The van der Waals surface area contributed by atoms with E-state index < -0.39 is 34.3 Å². The smallest absolute Gasteiger partial charge is 0.0790 e. The first kappa shape index (κ1) is 19.4. The zero-order valence-electron chi connectivity index (χ0n) is 14.9. The fraction of sp³-hybridized carbons (Fsp3) is 1.00. The molecule has 0 aromatic carbocycles. The van der Waals surface area contributed by atoms with Crippen LogP contribution in [0.1, 0.15) is 6.42 Å². The molecule has 0 amide bonds. The SMILES string of the molecule is CS(C)(C)S(C[C@@H](O)[C@@H]1CCN1)(S(C)(C)C)S(C)(C)C. The molecule has 2 N–H and O–H groups in total. The topological polar surface area (TPSA) is 32.3 Å². The molecular formula is C14H37NOS4. The average molecular weight is 364 g/mol. The quantitative estimate of drug-likeness (QED) is 0.709. The van der Waals surface area contributed by atoms with Crippen molar-refractivity contribution in [3.63, 3.8) is 0 Å². The summed E-state index contributed by atoms with van der Waals surface area (Å²) < 4.78 is 0. The molecule has 0 saturated carbocycles. The minimum absolute atomic E-state index is 0.149. The molecule has 0 spiro atoms. The Morgan fingerprint density at radius 2 is 1.25 bits per heavy atom. The number of rotatable bonds is 6. The molecule has 0 aromatic rings. The fourth-order valence-electron chi connectivity index (χ4n) is 3.41. The highest BCUT2D eigenvalue weighted by atomic mass is 33.9. The van der Waals surface area contributed by atoms with E-state index in [4.69, 9.17) is 0 Å².